The number of nitrogens with one attached hydrogen (secondary N) is 2. The summed E-state index contributed by atoms with van der Waals surface area (Å²) in [4.78, 5) is 22.5. The molecule has 0 aliphatic heterocycles. The summed E-state index contributed by atoms with van der Waals surface area (Å²) in [6.45, 7) is 5.18. The molecule has 0 aliphatic rings. The fourth-order valence-electron chi connectivity index (χ4n) is 1.53. The molecule has 0 aliphatic carbocycles. The summed E-state index contributed by atoms with van der Waals surface area (Å²) in [5, 5.41) is 21.4. The van der Waals surface area contributed by atoms with Gasteiger partial charge in [0.1, 0.15) is 12.4 Å². The molecule has 0 radical (unpaired) electrons. The van der Waals surface area contributed by atoms with Gasteiger partial charge in [-0.25, -0.2) is 9.59 Å². The van der Waals surface area contributed by atoms with Crippen molar-refractivity contribution < 1.29 is 14.7 Å². The molecule has 0 fully saturated rings. The van der Waals surface area contributed by atoms with Gasteiger partial charge in [-0.1, -0.05) is 6.08 Å². The Hall–Kier alpha value is -2.38. The number of aromatic nitrogens is 3. The first-order valence-electron chi connectivity index (χ1n) is 5.70. The Bertz CT molecular complexity index is 471. The van der Waals surface area contributed by atoms with Crippen LogP contribution in [0.5, 0.6) is 0 Å². The van der Waals surface area contributed by atoms with E-state index in [2.05, 4.69) is 27.4 Å². The number of carboxylic acid groups (broad SMARTS) is 1. The molecular formula is C11H17N5O3. The zero-order valence-corrected chi connectivity index (χ0v) is 10.8. The molecular weight excluding hydrogens is 250 g/mol. The van der Waals surface area contributed by atoms with Gasteiger partial charge in [0.25, 0.3) is 0 Å². The molecule has 0 saturated carbocycles. The van der Waals surface area contributed by atoms with Gasteiger partial charge in [-0.15, -0.1) is 16.8 Å². The second kappa shape index (κ2) is 6.53. The van der Waals surface area contributed by atoms with E-state index in [0.29, 0.717) is 5.82 Å². The number of carboxylic acids is 1. The van der Waals surface area contributed by atoms with Gasteiger partial charge < -0.3 is 20.3 Å². The molecule has 8 nitrogen and oxygen atoms in total. The van der Waals surface area contributed by atoms with Crippen LogP contribution in [0.4, 0.5) is 4.79 Å². The summed E-state index contributed by atoms with van der Waals surface area (Å²) in [7, 11) is 1.75. The third-order valence-electron chi connectivity index (χ3n) is 2.49. The molecule has 0 aromatic carbocycles. The average molecular weight is 267 g/mol. The summed E-state index contributed by atoms with van der Waals surface area (Å²) in [6, 6.07) is -1.96. The molecule has 0 bridgehead atoms. The van der Waals surface area contributed by atoms with E-state index in [1.807, 2.05) is 0 Å². The van der Waals surface area contributed by atoms with E-state index in [9.17, 15) is 9.59 Å². The van der Waals surface area contributed by atoms with Crippen molar-refractivity contribution in [3.63, 3.8) is 0 Å². The first kappa shape index (κ1) is 14.7. The molecule has 1 rings (SSSR count). The zero-order valence-electron chi connectivity index (χ0n) is 10.8. The molecule has 0 saturated heterocycles. The lowest BCUT2D eigenvalue weighted by molar-refractivity contribution is -0.139. The second-order valence-electron chi connectivity index (χ2n) is 4.05. The van der Waals surface area contributed by atoms with E-state index in [-0.39, 0.29) is 12.5 Å². The number of amides is 2. The minimum absolute atomic E-state index is 0.154. The van der Waals surface area contributed by atoms with Crippen molar-refractivity contribution in [1.29, 1.82) is 0 Å². The van der Waals surface area contributed by atoms with Crippen LogP contribution in [0.1, 0.15) is 25.2 Å². The first-order chi connectivity index (χ1) is 8.95. The van der Waals surface area contributed by atoms with Crippen molar-refractivity contribution in [3.05, 3.63) is 24.8 Å². The average Bonchev–Trinajstić information content (AvgIpc) is 2.74. The highest BCUT2D eigenvalue weighted by Gasteiger charge is 2.20. The molecule has 8 heteroatoms. The smallest absolute Gasteiger partial charge is 0.326 e. The van der Waals surface area contributed by atoms with Crippen LogP contribution in [0.3, 0.4) is 0 Å². The maximum absolute atomic E-state index is 11.7. The van der Waals surface area contributed by atoms with Crippen LogP contribution in [0.15, 0.2) is 19.0 Å². The van der Waals surface area contributed by atoms with E-state index in [1.165, 1.54) is 12.4 Å². The first-order valence-corrected chi connectivity index (χ1v) is 5.70. The Morgan fingerprint density at radius 3 is 2.74 bits per heavy atom. The maximum atomic E-state index is 11.7. The number of carbonyl (C=O) groups is 2. The Labute approximate surface area is 110 Å². The molecule has 2 unspecified atom stereocenters. The van der Waals surface area contributed by atoms with Crippen LogP contribution < -0.4 is 10.6 Å². The van der Waals surface area contributed by atoms with Gasteiger partial charge in [-0.2, -0.15) is 0 Å². The minimum Gasteiger partial charge on any atom is -0.480 e. The van der Waals surface area contributed by atoms with Crippen LogP contribution in [-0.4, -0.2) is 37.9 Å². The van der Waals surface area contributed by atoms with Gasteiger partial charge in [0.15, 0.2) is 5.82 Å². The fraction of sp³-hybridized carbons (Fsp3) is 0.455. The molecule has 1 heterocycles. The van der Waals surface area contributed by atoms with Crippen molar-refractivity contribution >= 4 is 12.0 Å². The Morgan fingerprint density at radius 1 is 1.58 bits per heavy atom. The third kappa shape index (κ3) is 4.09. The van der Waals surface area contributed by atoms with Crippen molar-refractivity contribution in [2.45, 2.75) is 25.4 Å². The van der Waals surface area contributed by atoms with E-state index >= 15 is 0 Å². The van der Waals surface area contributed by atoms with Crippen LogP contribution in [0.2, 0.25) is 0 Å². The van der Waals surface area contributed by atoms with Crippen LogP contribution >= 0.6 is 0 Å². The lowest BCUT2D eigenvalue weighted by atomic mass is 10.2. The monoisotopic (exact) mass is 267 g/mol. The van der Waals surface area contributed by atoms with Gasteiger partial charge in [-0.05, 0) is 13.3 Å². The normalized spacial score (nSPS) is 13.4. The second-order valence-corrected chi connectivity index (χ2v) is 4.05. The number of aliphatic carboxylic acids is 1. The Morgan fingerprint density at radius 2 is 2.26 bits per heavy atom. The van der Waals surface area contributed by atoms with Crippen LogP contribution in [0.25, 0.3) is 0 Å². The highest BCUT2D eigenvalue weighted by molar-refractivity contribution is 5.82. The summed E-state index contributed by atoms with van der Waals surface area (Å²) >= 11 is 0. The SMILES string of the molecule is C=CCC(NC(=O)NC(C)c1nncn1C)C(=O)O. The van der Waals surface area contributed by atoms with Gasteiger partial charge >= 0.3 is 12.0 Å². The van der Waals surface area contributed by atoms with Gasteiger partial charge in [-0.3, -0.25) is 0 Å². The minimum atomic E-state index is -1.11. The zero-order chi connectivity index (χ0) is 14.4. The van der Waals surface area contributed by atoms with Gasteiger partial charge in [0.05, 0.1) is 6.04 Å². The number of urea groups is 1. The number of hydrogen-bond acceptors (Lipinski definition) is 4. The van der Waals surface area contributed by atoms with Crippen molar-refractivity contribution in [1.82, 2.24) is 25.4 Å². The number of aryl methyl sites for hydroxylation is 1. The molecule has 1 aromatic rings. The number of hydrogen-bond donors (Lipinski definition) is 3. The summed E-state index contributed by atoms with van der Waals surface area (Å²) in [6.07, 6.45) is 3.11. The molecule has 19 heavy (non-hydrogen) atoms. The number of carbonyl (C=O) groups excluding carboxylic acids is 1. The summed E-state index contributed by atoms with van der Waals surface area (Å²) in [5.41, 5.74) is 0. The van der Waals surface area contributed by atoms with Gasteiger partial charge in [0, 0.05) is 7.05 Å². The fourth-order valence-corrected chi connectivity index (χ4v) is 1.53. The van der Waals surface area contributed by atoms with E-state index in [1.54, 1.807) is 18.5 Å². The lowest BCUT2D eigenvalue weighted by Gasteiger charge is -2.17. The predicted molar refractivity (Wildman–Crippen MR) is 67.3 cm³/mol. The topological polar surface area (TPSA) is 109 Å². The van der Waals surface area contributed by atoms with Crippen molar-refractivity contribution in [2.75, 3.05) is 0 Å². The molecule has 1 aromatic heterocycles. The Balaban J connectivity index is 2.57. The maximum Gasteiger partial charge on any atom is 0.326 e. The van der Waals surface area contributed by atoms with E-state index in [0.717, 1.165) is 0 Å². The summed E-state index contributed by atoms with van der Waals surface area (Å²) in [5.74, 6) is -0.535. The molecule has 104 valence electrons. The third-order valence-corrected chi connectivity index (χ3v) is 2.49. The number of nitrogens with zero attached hydrogens (tertiary/aromatic N) is 3. The van der Waals surface area contributed by atoms with Crippen molar-refractivity contribution in [3.8, 4) is 0 Å². The van der Waals surface area contributed by atoms with Crippen LogP contribution in [0, 0.1) is 0 Å². The van der Waals surface area contributed by atoms with Gasteiger partial charge in [0.2, 0.25) is 0 Å². The van der Waals surface area contributed by atoms with Crippen molar-refractivity contribution in [2.24, 2.45) is 7.05 Å². The highest BCUT2D eigenvalue weighted by Crippen LogP contribution is 2.06. The highest BCUT2D eigenvalue weighted by atomic mass is 16.4. The molecule has 2 atom stereocenters. The predicted octanol–water partition coefficient (Wildman–Crippen LogP) is 0.205. The lowest BCUT2D eigenvalue weighted by Crippen LogP contribution is -2.46. The molecule has 2 amide bonds. The molecule has 3 N–H and O–H groups in total. The van der Waals surface area contributed by atoms with Crippen LogP contribution in [-0.2, 0) is 11.8 Å². The summed E-state index contributed by atoms with van der Waals surface area (Å²) < 4.78 is 1.67. The standard InChI is InChI=1S/C11H17N5O3/c1-4-5-8(10(17)18)14-11(19)13-7(2)9-15-12-6-16(9)3/h4,6-8H,1,5H2,2-3H3,(H,17,18)(H2,13,14,19). The van der Waals surface area contributed by atoms with E-state index < -0.39 is 18.0 Å². The van der Waals surface area contributed by atoms with E-state index in [4.69, 9.17) is 5.11 Å². The quantitative estimate of drug-likeness (QED) is 0.638. The number of rotatable bonds is 6. The largest absolute Gasteiger partial charge is 0.480 e. The molecule has 0 spiro atoms. The Kier molecular flexibility index (Phi) is 5.04.